The molecule has 12 heavy (non-hydrogen) atoms. The molecule has 0 saturated carbocycles. The summed E-state index contributed by atoms with van der Waals surface area (Å²) in [5, 5.41) is 0. The summed E-state index contributed by atoms with van der Waals surface area (Å²) in [7, 11) is 0. The van der Waals surface area contributed by atoms with Crippen LogP contribution in [0.15, 0.2) is 0 Å². The first-order chi connectivity index (χ1) is 5.34. The Morgan fingerprint density at radius 1 is 1.33 bits per heavy atom. The Kier molecular flexibility index (Phi) is 1.98. The third kappa shape index (κ3) is 1.65. The SMILES string of the molecule is CC(=O)C1CN1C(=O)C(C)(C)C. The first kappa shape index (κ1) is 9.23. The van der Waals surface area contributed by atoms with Gasteiger partial charge < -0.3 is 4.90 Å². The fourth-order valence-electron chi connectivity index (χ4n) is 1.14. The van der Waals surface area contributed by atoms with Crippen LogP contribution >= 0.6 is 0 Å². The van der Waals surface area contributed by atoms with E-state index in [0.29, 0.717) is 6.54 Å². The minimum Gasteiger partial charge on any atom is -0.328 e. The second kappa shape index (κ2) is 2.57. The van der Waals surface area contributed by atoms with E-state index in [-0.39, 0.29) is 23.1 Å². The molecule has 1 atom stereocenters. The predicted octanol–water partition coefficient (Wildman–Crippen LogP) is 0.832. The molecule has 3 nitrogen and oxygen atoms in total. The number of Topliss-reactive ketones (excluding diaryl/α,β-unsaturated/α-hetero) is 1. The van der Waals surface area contributed by atoms with Crippen molar-refractivity contribution >= 4 is 11.7 Å². The molecule has 3 heteroatoms. The van der Waals surface area contributed by atoms with Gasteiger partial charge in [0.1, 0.15) is 6.04 Å². The minimum atomic E-state index is -0.357. The average molecular weight is 169 g/mol. The van der Waals surface area contributed by atoms with E-state index in [1.165, 1.54) is 6.92 Å². The molecule has 0 bridgehead atoms. The average Bonchev–Trinajstić information content (AvgIpc) is 2.61. The lowest BCUT2D eigenvalue weighted by molar-refractivity contribution is -0.135. The molecule has 0 aliphatic carbocycles. The zero-order valence-corrected chi connectivity index (χ0v) is 8.05. The van der Waals surface area contributed by atoms with Gasteiger partial charge in [-0.1, -0.05) is 20.8 Å². The third-order valence-electron chi connectivity index (χ3n) is 1.98. The van der Waals surface area contributed by atoms with Gasteiger partial charge in [-0.25, -0.2) is 0 Å². The predicted molar refractivity (Wildman–Crippen MR) is 45.6 cm³/mol. The number of amides is 1. The molecule has 1 unspecified atom stereocenters. The maximum Gasteiger partial charge on any atom is 0.228 e. The van der Waals surface area contributed by atoms with Crippen molar-refractivity contribution in [1.29, 1.82) is 0 Å². The zero-order chi connectivity index (χ0) is 9.52. The van der Waals surface area contributed by atoms with E-state index in [2.05, 4.69) is 0 Å². The maximum absolute atomic E-state index is 11.5. The van der Waals surface area contributed by atoms with E-state index in [1.807, 2.05) is 20.8 Å². The largest absolute Gasteiger partial charge is 0.328 e. The van der Waals surface area contributed by atoms with E-state index in [1.54, 1.807) is 4.90 Å². The molecule has 0 radical (unpaired) electrons. The highest BCUT2D eigenvalue weighted by atomic mass is 16.2. The van der Waals surface area contributed by atoms with Crippen molar-refractivity contribution in [2.24, 2.45) is 5.41 Å². The molecule has 1 saturated heterocycles. The van der Waals surface area contributed by atoms with Crippen molar-refractivity contribution in [3.63, 3.8) is 0 Å². The summed E-state index contributed by atoms with van der Waals surface area (Å²) in [6.07, 6.45) is 0. The van der Waals surface area contributed by atoms with Crippen molar-refractivity contribution < 1.29 is 9.59 Å². The molecule has 0 aromatic carbocycles. The zero-order valence-electron chi connectivity index (χ0n) is 8.05. The number of rotatable bonds is 1. The number of nitrogens with zero attached hydrogens (tertiary/aromatic N) is 1. The number of carbonyl (C=O) groups excluding carboxylic acids is 2. The fourth-order valence-corrected chi connectivity index (χ4v) is 1.14. The monoisotopic (exact) mass is 169 g/mol. The molecule has 0 aromatic rings. The van der Waals surface area contributed by atoms with Gasteiger partial charge in [0.15, 0.2) is 5.78 Å². The number of ketones is 1. The lowest BCUT2D eigenvalue weighted by atomic mass is 9.96. The van der Waals surface area contributed by atoms with Gasteiger partial charge in [0, 0.05) is 12.0 Å². The first-order valence-corrected chi connectivity index (χ1v) is 4.15. The van der Waals surface area contributed by atoms with Crippen LogP contribution in [0.1, 0.15) is 27.7 Å². The normalized spacial score (nSPS) is 22.3. The van der Waals surface area contributed by atoms with E-state index < -0.39 is 0 Å². The van der Waals surface area contributed by atoms with Gasteiger partial charge in [-0.05, 0) is 6.92 Å². The smallest absolute Gasteiger partial charge is 0.228 e. The lowest BCUT2D eigenvalue weighted by Crippen LogP contribution is -2.29. The van der Waals surface area contributed by atoms with Crippen LogP contribution in [0.25, 0.3) is 0 Å². The van der Waals surface area contributed by atoms with Crippen molar-refractivity contribution in [2.75, 3.05) is 6.54 Å². The Hall–Kier alpha value is -0.860. The quantitative estimate of drug-likeness (QED) is 0.545. The van der Waals surface area contributed by atoms with Crippen LogP contribution in [-0.2, 0) is 9.59 Å². The van der Waals surface area contributed by atoms with Crippen molar-refractivity contribution in [3.8, 4) is 0 Å². The highest BCUT2D eigenvalue weighted by Gasteiger charge is 2.45. The molecule has 1 fully saturated rings. The molecule has 1 heterocycles. The Morgan fingerprint density at radius 2 is 1.83 bits per heavy atom. The first-order valence-electron chi connectivity index (χ1n) is 4.15. The van der Waals surface area contributed by atoms with E-state index >= 15 is 0 Å². The van der Waals surface area contributed by atoms with Crippen molar-refractivity contribution in [2.45, 2.75) is 33.7 Å². The number of hydrogen-bond acceptors (Lipinski definition) is 2. The second-order valence-electron chi connectivity index (χ2n) is 4.33. The molecule has 1 aliphatic heterocycles. The van der Waals surface area contributed by atoms with Crippen LogP contribution in [0.3, 0.4) is 0 Å². The molecule has 68 valence electrons. The molecule has 0 spiro atoms. The van der Waals surface area contributed by atoms with Gasteiger partial charge in [-0.3, -0.25) is 9.59 Å². The summed E-state index contributed by atoms with van der Waals surface area (Å²) in [6, 6.07) is -0.128. The van der Waals surface area contributed by atoms with Crippen LogP contribution in [0.2, 0.25) is 0 Å². The second-order valence-corrected chi connectivity index (χ2v) is 4.33. The third-order valence-corrected chi connectivity index (χ3v) is 1.98. The van der Waals surface area contributed by atoms with Crippen LogP contribution in [0.5, 0.6) is 0 Å². The highest BCUT2D eigenvalue weighted by molar-refractivity contribution is 5.94. The Balaban J connectivity index is 2.55. The molecule has 1 aliphatic rings. The van der Waals surface area contributed by atoms with Gasteiger partial charge in [-0.15, -0.1) is 0 Å². The van der Waals surface area contributed by atoms with Gasteiger partial charge in [-0.2, -0.15) is 0 Å². The summed E-state index contributed by atoms with van der Waals surface area (Å²) in [5.41, 5.74) is -0.357. The van der Waals surface area contributed by atoms with Crippen LogP contribution in [-0.4, -0.2) is 29.2 Å². The van der Waals surface area contributed by atoms with Crippen LogP contribution in [0, 0.1) is 5.41 Å². The molecular weight excluding hydrogens is 154 g/mol. The fraction of sp³-hybridized carbons (Fsp3) is 0.778. The Bertz CT molecular complexity index is 227. The molecule has 1 rings (SSSR count). The molecular formula is C9H15NO2. The summed E-state index contributed by atoms with van der Waals surface area (Å²) in [5.74, 6) is 0.162. The van der Waals surface area contributed by atoms with Crippen molar-refractivity contribution in [1.82, 2.24) is 4.90 Å². The molecule has 0 aromatic heterocycles. The minimum absolute atomic E-state index is 0.0719. The highest BCUT2D eigenvalue weighted by Crippen LogP contribution is 2.27. The summed E-state index contributed by atoms with van der Waals surface area (Å²) in [6.45, 7) is 7.74. The van der Waals surface area contributed by atoms with Gasteiger partial charge in [0.2, 0.25) is 5.91 Å². The molecule has 1 amide bonds. The van der Waals surface area contributed by atoms with Crippen molar-refractivity contribution in [3.05, 3.63) is 0 Å². The number of carbonyl (C=O) groups is 2. The van der Waals surface area contributed by atoms with Gasteiger partial charge >= 0.3 is 0 Å². The van der Waals surface area contributed by atoms with E-state index in [4.69, 9.17) is 0 Å². The lowest BCUT2D eigenvalue weighted by Gasteiger charge is -2.17. The van der Waals surface area contributed by atoms with Gasteiger partial charge in [0.05, 0.1) is 0 Å². The molecule has 0 N–H and O–H groups in total. The Labute approximate surface area is 72.7 Å². The number of hydrogen-bond donors (Lipinski definition) is 0. The van der Waals surface area contributed by atoms with Crippen LogP contribution in [0.4, 0.5) is 0 Å². The van der Waals surface area contributed by atoms with Gasteiger partial charge in [0.25, 0.3) is 0 Å². The maximum atomic E-state index is 11.5. The van der Waals surface area contributed by atoms with Crippen LogP contribution < -0.4 is 0 Å². The summed E-state index contributed by atoms with van der Waals surface area (Å²) < 4.78 is 0. The standard InChI is InChI=1S/C9H15NO2/c1-6(11)7-5-10(7)8(12)9(2,3)4/h7H,5H2,1-4H3. The van der Waals surface area contributed by atoms with E-state index in [9.17, 15) is 9.59 Å². The van der Waals surface area contributed by atoms with E-state index in [0.717, 1.165) is 0 Å². The Morgan fingerprint density at radius 3 is 2.08 bits per heavy atom. The summed E-state index contributed by atoms with van der Waals surface area (Å²) in [4.78, 5) is 24.0. The topological polar surface area (TPSA) is 37.1 Å². The summed E-state index contributed by atoms with van der Waals surface area (Å²) >= 11 is 0.